The van der Waals surface area contributed by atoms with Crippen molar-refractivity contribution in [1.29, 1.82) is 0 Å². The van der Waals surface area contributed by atoms with Gasteiger partial charge < -0.3 is 33.8 Å². The van der Waals surface area contributed by atoms with E-state index in [1.807, 2.05) is 0 Å². The molecule has 3 N–H and O–H groups in total. The number of phosphoric acid groups is 2. The largest absolute Gasteiger partial charge is 0.472 e. The number of hydrogen-bond acceptors (Lipinski definition) is 15. The second kappa shape index (κ2) is 67.6. The maximum absolute atomic E-state index is 13.1. The lowest BCUT2D eigenvalue weighted by molar-refractivity contribution is -0.161. The molecule has 0 aromatic rings. The van der Waals surface area contributed by atoms with Crippen molar-refractivity contribution in [2.45, 2.75) is 406 Å². The molecule has 0 aliphatic rings. The average Bonchev–Trinajstić information content (AvgIpc) is 1.78. The monoisotopic (exact) mass is 1350 g/mol. The highest BCUT2D eigenvalue weighted by Gasteiger charge is 2.30. The molecule has 0 saturated heterocycles. The van der Waals surface area contributed by atoms with Gasteiger partial charge in [0.1, 0.15) is 19.3 Å². The fourth-order valence-corrected chi connectivity index (χ4v) is 12.8. The first-order chi connectivity index (χ1) is 44.7. The molecule has 5 atom stereocenters. The SMILES string of the molecule is CCCCCCCCCCCCCCCCCCCCCCC(=O)O[C@H](COC(=O)CCCCCCCCCCCCCCCCCCCC)COP(=O)(O)OC[C@@H](O)COP(=O)(O)OC[C@@H](COC(=O)CCCCCCCCC)OC(=O)CCCCCCCCC. The quantitative estimate of drug-likeness (QED) is 0.0222. The van der Waals surface area contributed by atoms with Crippen molar-refractivity contribution >= 4 is 39.5 Å². The highest BCUT2D eigenvalue weighted by Crippen LogP contribution is 2.45. The van der Waals surface area contributed by atoms with Gasteiger partial charge in [0.25, 0.3) is 0 Å². The molecule has 0 heterocycles. The average molecular weight is 1350 g/mol. The Kier molecular flexibility index (Phi) is 66.2. The maximum Gasteiger partial charge on any atom is 0.472 e. The van der Waals surface area contributed by atoms with Crippen molar-refractivity contribution in [2.75, 3.05) is 39.6 Å². The molecule has 0 rings (SSSR count). The smallest absolute Gasteiger partial charge is 0.462 e. The highest BCUT2D eigenvalue weighted by atomic mass is 31.2. The molecule has 0 aromatic heterocycles. The first-order valence-electron chi connectivity index (χ1n) is 38.3. The Balaban J connectivity index is 5.11. The van der Waals surface area contributed by atoms with E-state index in [9.17, 15) is 43.2 Å². The summed E-state index contributed by atoms with van der Waals surface area (Å²) in [6.45, 7) is 4.88. The number of ether oxygens (including phenoxy) is 4. The van der Waals surface area contributed by atoms with Crippen molar-refractivity contribution < 1.29 is 80.2 Å². The zero-order valence-corrected chi connectivity index (χ0v) is 61.3. The third-order valence-corrected chi connectivity index (χ3v) is 19.0. The van der Waals surface area contributed by atoms with E-state index < -0.39 is 97.5 Å². The molecule has 0 aliphatic carbocycles. The van der Waals surface area contributed by atoms with Crippen LogP contribution < -0.4 is 0 Å². The minimum Gasteiger partial charge on any atom is -0.462 e. The van der Waals surface area contributed by atoms with Crippen molar-refractivity contribution in [2.24, 2.45) is 0 Å². The third kappa shape index (κ3) is 66.7. The van der Waals surface area contributed by atoms with Crippen LogP contribution in [-0.2, 0) is 65.4 Å². The molecule has 0 saturated carbocycles. The molecule has 546 valence electrons. The van der Waals surface area contributed by atoms with Crippen LogP contribution in [0.4, 0.5) is 0 Å². The molecule has 0 bridgehead atoms. The fraction of sp³-hybridized carbons (Fsp3) is 0.945. The van der Waals surface area contributed by atoms with Crippen LogP contribution in [0.25, 0.3) is 0 Å². The zero-order valence-electron chi connectivity index (χ0n) is 59.5. The molecule has 0 aliphatic heterocycles. The molecule has 19 heteroatoms. The van der Waals surface area contributed by atoms with E-state index in [0.717, 1.165) is 116 Å². The maximum atomic E-state index is 13.1. The zero-order chi connectivity index (χ0) is 67.5. The molecule has 0 aromatic carbocycles. The van der Waals surface area contributed by atoms with Gasteiger partial charge in [-0.05, 0) is 25.7 Å². The lowest BCUT2D eigenvalue weighted by Crippen LogP contribution is -2.30. The molecule has 17 nitrogen and oxygen atoms in total. The van der Waals surface area contributed by atoms with Crippen LogP contribution in [0.15, 0.2) is 0 Å². The van der Waals surface area contributed by atoms with Gasteiger partial charge in [-0.2, -0.15) is 0 Å². The Morgan fingerprint density at radius 1 is 0.261 bits per heavy atom. The summed E-state index contributed by atoms with van der Waals surface area (Å²) in [5.41, 5.74) is 0. The summed E-state index contributed by atoms with van der Waals surface area (Å²) >= 11 is 0. The third-order valence-electron chi connectivity index (χ3n) is 17.1. The molecule has 0 fully saturated rings. The number of unbranched alkanes of at least 4 members (excludes halogenated alkanes) is 48. The van der Waals surface area contributed by atoms with Gasteiger partial charge in [0.2, 0.25) is 0 Å². The van der Waals surface area contributed by atoms with Crippen LogP contribution in [0.2, 0.25) is 0 Å². The van der Waals surface area contributed by atoms with Gasteiger partial charge in [-0.1, -0.05) is 336 Å². The highest BCUT2D eigenvalue weighted by molar-refractivity contribution is 7.47. The normalized spacial score (nSPS) is 13.9. The minimum atomic E-state index is -4.95. The predicted molar refractivity (Wildman–Crippen MR) is 372 cm³/mol. The number of phosphoric ester groups is 2. The first-order valence-corrected chi connectivity index (χ1v) is 41.3. The van der Waals surface area contributed by atoms with Crippen LogP contribution in [-0.4, -0.2) is 96.7 Å². The van der Waals surface area contributed by atoms with Gasteiger partial charge in [0, 0.05) is 25.7 Å². The van der Waals surface area contributed by atoms with Crippen molar-refractivity contribution in [3.8, 4) is 0 Å². The van der Waals surface area contributed by atoms with E-state index in [0.29, 0.717) is 25.7 Å². The number of rotatable bonds is 74. The van der Waals surface area contributed by atoms with Crippen LogP contribution in [0.1, 0.15) is 387 Å². The summed E-state index contributed by atoms with van der Waals surface area (Å²) in [5, 5.41) is 10.6. The lowest BCUT2D eigenvalue weighted by Gasteiger charge is -2.21. The molecule has 2 unspecified atom stereocenters. The fourth-order valence-electron chi connectivity index (χ4n) is 11.2. The number of hydrogen-bond donors (Lipinski definition) is 3. The van der Waals surface area contributed by atoms with E-state index in [1.165, 1.54) is 193 Å². The minimum absolute atomic E-state index is 0.104. The van der Waals surface area contributed by atoms with Gasteiger partial charge in [-0.15, -0.1) is 0 Å². The Labute approximate surface area is 562 Å². The van der Waals surface area contributed by atoms with Gasteiger partial charge in [-0.25, -0.2) is 9.13 Å². The number of esters is 4. The van der Waals surface area contributed by atoms with Gasteiger partial charge in [0.15, 0.2) is 12.2 Å². The summed E-state index contributed by atoms with van der Waals surface area (Å²) < 4.78 is 68.1. The Morgan fingerprint density at radius 3 is 0.641 bits per heavy atom. The molecule has 0 amide bonds. The summed E-state index contributed by atoms with van der Waals surface area (Å²) in [6, 6.07) is 0. The number of aliphatic hydroxyl groups is 1. The Bertz CT molecular complexity index is 1760. The summed E-state index contributed by atoms with van der Waals surface area (Å²) in [7, 11) is -9.89. The van der Waals surface area contributed by atoms with Gasteiger partial charge in [-0.3, -0.25) is 37.3 Å². The van der Waals surface area contributed by atoms with Crippen molar-refractivity contribution in [1.82, 2.24) is 0 Å². The van der Waals surface area contributed by atoms with Crippen molar-refractivity contribution in [3.05, 3.63) is 0 Å². The van der Waals surface area contributed by atoms with Gasteiger partial charge in [0.05, 0.1) is 26.4 Å². The topological polar surface area (TPSA) is 237 Å². The molecule has 92 heavy (non-hydrogen) atoms. The van der Waals surface area contributed by atoms with E-state index in [4.69, 9.17) is 37.0 Å². The summed E-state index contributed by atoms with van der Waals surface area (Å²) in [6.07, 6.45) is 57.4. The Hall–Kier alpha value is -1.94. The molecule has 0 radical (unpaired) electrons. The van der Waals surface area contributed by atoms with E-state index in [2.05, 4.69) is 27.7 Å². The molecular weight excluding hydrogens is 1210 g/mol. The number of aliphatic hydroxyl groups excluding tert-OH is 1. The Morgan fingerprint density at radius 2 is 0.435 bits per heavy atom. The second-order valence-corrected chi connectivity index (χ2v) is 29.2. The van der Waals surface area contributed by atoms with Crippen LogP contribution in [0.5, 0.6) is 0 Å². The predicted octanol–water partition coefficient (Wildman–Crippen LogP) is 21.4. The number of carbonyl (C=O) groups excluding carboxylic acids is 4. The van der Waals surface area contributed by atoms with Gasteiger partial charge >= 0.3 is 39.5 Å². The van der Waals surface area contributed by atoms with Crippen molar-refractivity contribution in [3.63, 3.8) is 0 Å². The van der Waals surface area contributed by atoms with Crippen LogP contribution in [0, 0.1) is 0 Å². The van der Waals surface area contributed by atoms with Crippen LogP contribution in [0.3, 0.4) is 0 Å². The molecular formula is C73H142O17P2. The second-order valence-electron chi connectivity index (χ2n) is 26.3. The van der Waals surface area contributed by atoms with E-state index in [-0.39, 0.29) is 25.7 Å². The molecule has 0 spiro atoms. The first kappa shape index (κ1) is 90.1. The lowest BCUT2D eigenvalue weighted by atomic mass is 10.0. The van der Waals surface area contributed by atoms with E-state index in [1.54, 1.807) is 0 Å². The van der Waals surface area contributed by atoms with E-state index >= 15 is 0 Å². The van der Waals surface area contributed by atoms with Crippen LogP contribution >= 0.6 is 15.6 Å². The number of carbonyl (C=O) groups is 4. The standard InChI is InChI=1S/C73H142O17P2/c1-5-9-13-17-21-23-25-27-29-31-33-34-36-38-40-42-44-48-52-56-60-73(78)90-69(64-84-71(76)58-54-50-47-43-41-39-37-35-32-30-28-26-24-22-18-14-10-6-2)66-88-92(81,82)86-62-67(74)61-85-91(79,80)87-65-68(89-72(77)59-55-51-46-20-16-12-8-4)63-83-70(75)57-53-49-45-19-15-11-7-3/h67-69,74H,5-66H2,1-4H3,(H,79,80)(H,81,82)/t67-,68+,69+/m0/s1. The summed E-state index contributed by atoms with van der Waals surface area (Å²) in [4.78, 5) is 72.3. The summed E-state index contributed by atoms with van der Waals surface area (Å²) in [5.74, 6) is -2.13.